The minimum Gasteiger partial charge on any atom is -0.354 e. The second-order valence-corrected chi connectivity index (χ2v) is 19.9. The highest BCUT2D eigenvalue weighted by Gasteiger charge is 2.38. The molecule has 0 saturated heterocycles. The Morgan fingerprint density at radius 3 is 1.38 bits per heavy atom. The van der Waals surface area contributed by atoms with Gasteiger partial charge >= 0.3 is 0 Å². The number of hydrogen-bond donors (Lipinski definition) is 1. The average molecular weight is 886 g/mol. The Morgan fingerprint density at radius 2 is 0.725 bits per heavy atom. The normalized spacial score (nSPS) is 13.7. The number of fused-ring (bicyclic) bond motifs is 9. The molecular weight excluding hydrogens is 835 g/mol. The first-order chi connectivity index (χ1) is 33.7. The van der Waals surface area contributed by atoms with Gasteiger partial charge in [0, 0.05) is 66.8 Å². The van der Waals surface area contributed by atoms with Crippen molar-refractivity contribution < 1.29 is 0 Å². The second-order valence-electron chi connectivity index (χ2n) is 19.9. The molecule has 1 aromatic heterocycles. The van der Waals surface area contributed by atoms with Gasteiger partial charge in [-0.3, -0.25) is 0 Å². The molecule has 0 amide bonds. The third-order valence-corrected chi connectivity index (χ3v) is 15.2. The molecule has 69 heavy (non-hydrogen) atoms. The van der Waals surface area contributed by atoms with Crippen molar-refractivity contribution in [1.82, 2.24) is 4.98 Å². The fraction of sp³-hybridized carbons (Fsp3) is 0.0909. The molecular formula is C66H51N3. The van der Waals surface area contributed by atoms with Crippen LogP contribution in [-0.4, -0.2) is 4.98 Å². The molecule has 11 aromatic rings. The first-order valence-electron chi connectivity index (χ1n) is 24.2. The number of hydrogen-bond acceptors (Lipinski definition) is 2. The van der Waals surface area contributed by atoms with Gasteiger partial charge in [0.2, 0.25) is 0 Å². The SMILES string of the molecule is CC1(C)c2ccccc2-c2ccc(N(c3ccc(-c4ccccc4)cc3)c3ccc4[nH]c5c(-c6ccc7c(c6)C(C)(C)c6cc(N(c8ccccc8)c8ccccc8)ccc6-7)cccc5c4c3)cc21. The summed E-state index contributed by atoms with van der Waals surface area (Å²) in [5.41, 5.74) is 24.3. The third kappa shape index (κ3) is 6.49. The average Bonchev–Trinajstić information content (AvgIpc) is 3.96. The lowest BCUT2D eigenvalue weighted by atomic mass is 9.81. The number of rotatable bonds is 8. The summed E-state index contributed by atoms with van der Waals surface area (Å²) in [4.78, 5) is 8.70. The number of para-hydroxylation sites is 3. The minimum atomic E-state index is -0.211. The molecule has 0 unspecified atom stereocenters. The number of anilines is 6. The van der Waals surface area contributed by atoms with E-state index in [4.69, 9.17) is 0 Å². The molecule has 0 aliphatic heterocycles. The van der Waals surface area contributed by atoms with Gasteiger partial charge < -0.3 is 14.8 Å². The number of aromatic nitrogens is 1. The van der Waals surface area contributed by atoms with Crippen LogP contribution in [0.4, 0.5) is 34.1 Å². The highest BCUT2D eigenvalue weighted by molar-refractivity contribution is 6.13. The molecule has 1 heterocycles. The van der Waals surface area contributed by atoms with Crippen molar-refractivity contribution in [3.05, 3.63) is 253 Å². The molecule has 0 bridgehead atoms. The Bertz CT molecular complexity index is 3730. The van der Waals surface area contributed by atoms with Crippen molar-refractivity contribution in [3.63, 3.8) is 0 Å². The van der Waals surface area contributed by atoms with Crippen LogP contribution in [0.25, 0.3) is 66.3 Å². The number of benzene rings is 10. The van der Waals surface area contributed by atoms with Gasteiger partial charge in [0.25, 0.3) is 0 Å². The molecule has 1 N–H and O–H groups in total. The van der Waals surface area contributed by atoms with E-state index in [1.165, 1.54) is 77.5 Å². The molecule has 0 fully saturated rings. The smallest absolute Gasteiger partial charge is 0.0544 e. The van der Waals surface area contributed by atoms with Gasteiger partial charge in [0.05, 0.1) is 5.52 Å². The molecule has 13 rings (SSSR count). The van der Waals surface area contributed by atoms with Crippen LogP contribution >= 0.6 is 0 Å². The van der Waals surface area contributed by atoms with E-state index in [1.807, 2.05) is 0 Å². The van der Waals surface area contributed by atoms with Crippen molar-refractivity contribution in [2.45, 2.75) is 38.5 Å². The van der Waals surface area contributed by atoms with Crippen molar-refractivity contribution >= 4 is 55.9 Å². The summed E-state index contributed by atoms with van der Waals surface area (Å²) in [6.45, 7) is 9.49. The fourth-order valence-electron chi connectivity index (χ4n) is 11.6. The van der Waals surface area contributed by atoms with Crippen LogP contribution in [0.15, 0.2) is 231 Å². The van der Waals surface area contributed by atoms with Gasteiger partial charge in [0.15, 0.2) is 0 Å². The number of aromatic amines is 1. The van der Waals surface area contributed by atoms with Crippen LogP contribution in [0.1, 0.15) is 49.9 Å². The van der Waals surface area contributed by atoms with Crippen LogP contribution in [0.2, 0.25) is 0 Å². The van der Waals surface area contributed by atoms with Gasteiger partial charge in [0.1, 0.15) is 0 Å². The van der Waals surface area contributed by atoms with Gasteiger partial charge in [-0.05, 0) is 146 Å². The number of H-pyrrole nitrogens is 1. The van der Waals surface area contributed by atoms with Gasteiger partial charge in [-0.25, -0.2) is 0 Å². The van der Waals surface area contributed by atoms with E-state index >= 15 is 0 Å². The highest BCUT2D eigenvalue weighted by Crippen LogP contribution is 2.53. The van der Waals surface area contributed by atoms with E-state index in [2.05, 4.69) is 273 Å². The first-order valence-corrected chi connectivity index (χ1v) is 24.2. The van der Waals surface area contributed by atoms with E-state index in [-0.39, 0.29) is 10.8 Å². The van der Waals surface area contributed by atoms with Gasteiger partial charge in [-0.1, -0.05) is 173 Å². The van der Waals surface area contributed by atoms with Crippen LogP contribution in [0, 0.1) is 0 Å². The summed E-state index contributed by atoms with van der Waals surface area (Å²) in [6.07, 6.45) is 0. The third-order valence-electron chi connectivity index (χ3n) is 15.2. The van der Waals surface area contributed by atoms with E-state index in [0.29, 0.717) is 0 Å². The predicted octanol–water partition coefficient (Wildman–Crippen LogP) is 18.2. The van der Waals surface area contributed by atoms with Crippen LogP contribution in [0.5, 0.6) is 0 Å². The zero-order chi connectivity index (χ0) is 46.4. The molecule has 0 atom stereocenters. The van der Waals surface area contributed by atoms with Crippen LogP contribution in [-0.2, 0) is 10.8 Å². The highest BCUT2D eigenvalue weighted by atomic mass is 15.1. The Morgan fingerprint density at radius 1 is 0.290 bits per heavy atom. The lowest BCUT2D eigenvalue weighted by Gasteiger charge is -2.28. The number of nitrogens with zero attached hydrogens (tertiary/aromatic N) is 2. The molecule has 2 aliphatic rings. The maximum absolute atomic E-state index is 3.90. The van der Waals surface area contributed by atoms with E-state index in [0.717, 1.165) is 45.2 Å². The topological polar surface area (TPSA) is 22.3 Å². The van der Waals surface area contributed by atoms with Crippen molar-refractivity contribution in [3.8, 4) is 44.5 Å². The summed E-state index contributed by atoms with van der Waals surface area (Å²) >= 11 is 0. The minimum absolute atomic E-state index is 0.119. The molecule has 3 heteroatoms. The Labute approximate surface area is 404 Å². The lowest BCUT2D eigenvalue weighted by Crippen LogP contribution is -2.16. The molecule has 3 nitrogen and oxygen atoms in total. The Balaban J connectivity index is 0.896. The van der Waals surface area contributed by atoms with Crippen molar-refractivity contribution in [2.24, 2.45) is 0 Å². The monoisotopic (exact) mass is 885 g/mol. The number of nitrogens with one attached hydrogen (secondary N) is 1. The van der Waals surface area contributed by atoms with Gasteiger partial charge in [-0.15, -0.1) is 0 Å². The zero-order valence-corrected chi connectivity index (χ0v) is 39.3. The van der Waals surface area contributed by atoms with Crippen LogP contribution in [0.3, 0.4) is 0 Å². The summed E-state index contributed by atoms with van der Waals surface area (Å²) in [6, 6.07) is 84.8. The molecule has 330 valence electrons. The zero-order valence-electron chi connectivity index (χ0n) is 39.3. The predicted molar refractivity (Wildman–Crippen MR) is 291 cm³/mol. The molecule has 0 spiro atoms. The molecule has 10 aromatic carbocycles. The van der Waals surface area contributed by atoms with E-state index in [1.54, 1.807) is 0 Å². The Hall–Kier alpha value is -8.40. The Kier molecular flexibility index (Phi) is 9.22. The summed E-state index contributed by atoms with van der Waals surface area (Å²) in [7, 11) is 0. The summed E-state index contributed by atoms with van der Waals surface area (Å²) in [5, 5.41) is 2.41. The summed E-state index contributed by atoms with van der Waals surface area (Å²) in [5.74, 6) is 0. The standard InChI is InChI=1S/C66H51N3/c1-65(2)59-26-15-14-23-53(59)55-36-33-51(42-61(55)65)69(48-30-27-44(28-31-48)43-17-8-5-9-18-43)49-34-38-63-58(40-49)57-25-16-24-52(64(57)67-63)45-29-35-54-56-37-32-50(41-62(56)66(3,4)60(54)39-45)68(46-19-10-6-11-20-46)47-21-12-7-13-22-47/h5-42,67H,1-4H3. The molecule has 0 saturated carbocycles. The second kappa shape index (κ2) is 15.6. The van der Waals surface area contributed by atoms with Gasteiger partial charge in [-0.2, -0.15) is 0 Å². The maximum atomic E-state index is 3.90. The van der Waals surface area contributed by atoms with E-state index < -0.39 is 0 Å². The van der Waals surface area contributed by atoms with E-state index in [9.17, 15) is 0 Å². The fourth-order valence-corrected chi connectivity index (χ4v) is 11.6. The lowest BCUT2D eigenvalue weighted by molar-refractivity contribution is 0.660. The quantitative estimate of drug-likeness (QED) is 0.164. The first kappa shape index (κ1) is 40.8. The molecule has 2 aliphatic carbocycles. The maximum Gasteiger partial charge on any atom is 0.0544 e. The summed E-state index contributed by atoms with van der Waals surface area (Å²) < 4.78 is 0. The van der Waals surface area contributed by atoms with Crippen molar-refractivity contribution in [2.75, 3.05) is 9.80 Å². The van der Waals surface area contributed by atoms with Crippen molar-refractivity contribution in [1.29, 1.82) is 0 Å². The van der Waals surface area contributed by atoms with Crippen LogP contribution < -0.4 is 9.80 Å². The molecule has 0 radical (unpaired) electrons. The largest absolute Gasteiger partial charge is 0.354 e.